The number of hydrogen-bond acceptors (Lipinski definition) is 3. The molecule has 0 unspecified atom stereocenters. The van der Waals surface area contributed by atoms with Crippen LogP contribution in [0.2, 0.25) is 0 Å². The molecule has 0 aliphatic rings. The molecule has 2 aromatic heterocycles. The van der Waals surface area contributed by atoms with Gasteiger partial charge in [-0.3, -0.25) is 4.57 Å². The van der Waals surface area contributed by atoms with E-state index < -0.39 is 0 Å². The van der Waals surface area contributed by atoms with Gasteiger partial charge in [-0.15, -0.1) is 21.5 Å². The Morgan fingerprint density at radius 3 is 1.76 bits per heavy atom. The van der Waals surface area contributed by atoms with Gasteiger partial charge in [-0.1, -0.05) is 107 Å². The molecule has 0 bridgehead atoms. The van der Waals surface area contributed by atoms with Crippen molar-refractivity contribution in [2.45, 2.75) is 39.5 Å². The standard InChI is InChI=1S/C38H33N3S/c1-24(2)29-19-20-35-33(21-29)34-23-30(25(3)4)22-32(36(34)42-35)26-15-17-28(18-16-26)38-40-39-37(27-11-7-5-8-12-27)41(38)31-13-9-6-10-14-31/h5-25H,1-4H3. The molecular weight excluding hydrogens is 531 g/mol. The molecule has 5 aromatic carbocycles. The summed E-state index contributed by atoms with van der Waals surface area (Å²) < 4.78 is 4.85. The minimum absolute atomic E-state index is 0.441. The highest BCUT2D eigenvalue weighted by atomic mass is 32.1. The van der Waals surface area contributed by atoms with Crippen molar-refractivity contribution in [3.8, 4) is 39.6 Å². The van der Waals surface area contributed by atoms with Crippen LogP contribution >= 0.6 is 11.3 Å². The average molecular weight is 564 g/mol. The van der Waals surface area contributed by atoms with Gasteiger partial charge in [0.1, 0.15) is 0 Å². The van der Waals surface area contributed by atoms with Crippen molar-refractivity contribution >= 4 is 31.5 Å². The Morgan fingerprint density at radius 2 is 1.12 bits per heavy atom. The van der Waals surface area contributed by atoms with Crippen LogP contribution in [-0.4, -0.2) is 14.8 Å². The zero-order valence-electron chi connectivity index (χ0n) is 24.4. The summed E-state index contributed by atoms with van der Waals surface area (Å²) in [5.41, 5.74) is 8.38. The Balaban J connectivity index is 1.37. The molecule has 206 valence electrons. The first kappa shape index (κ1) is 26.4. The fourth-order valence-electron chi connectivity index (χ4n) is 5.69. The van der Waals surface area contributed by atoms with Crippen molar-refractivity contribution < 1.29 is 0 Å². The van der Waals surface area contributed by atoms with Crippen LogP contribution in [0.5, 0.6) is 0 Å². The van der Waals surface area contributed by atoms with E-state index in [0.29, 0.717) is 11.8 Å². The molecule has 7 rings (SSSR count). The molecule has 0 atom stereocenters. The molecule has 3 nitrogen and oxygen atoms in total. The number of rotatable bonds is 6. The van der Waals surface area contributed by atoms with Gasteiger partial charge < -0.3 is 0 Å². The zero-order chi connectivity index (χ0) is 28.8. The maximum atomic E-state index is 4.70. The second kappa shape index (κ2) is 10.7. The lowest BCUT2D eigenvalue weighted by Gasteiger charge is -2.13. The number of thiophene rings is 1. The van der Waals surface area contributed by atoms with Crippen LogP contribution in [0.25, 0.3) is 59.8 Å². The molecule has 2 heterocycles. The van der Waals surface area contributed by atoms with Gasteiger partial charge in [0.05, 0.1) is 0 Å². The second-order valence-corrected chi connectivity index (χ2v) is 12.6. The van der Waals surface area contributed by atoms with Crippen molar-refractivity contribution in [1.29, 1.82) is 0 Å². The van der Waals surface area contributed by atoms with Crippen LogP contribution in [0.4, 0.5) is 0 Å². The summed E-state index contributed by atoms with van der Waals surface area (Å²) in [7, 11) is 0. The summed E-state index contributed by atoms with van der Waals surface area (Å²) in [6.45, 7) is 9.10. The fourth-order valence-corrected chi connectivity index (χ4v) is 6.89. The molecular formula is C38H33N3S. The zero-order valence-corrected chi connectivity index (χ0v) is 25.2. The molecule has 0 aliphatic carbocycles. The average Bonchev–Trinajstić information content (AvgIpc) is 3.63. The van der Waals surface area contributed by atoms with Crippen LogP contribution < -0.4 is 0 Å². The van der Waals surface area contributed by atoms with E-state index >= 15 is 0 Å². The summed E-state index contributed by atoms with van der Waals surface area (Å²) in [6, 6.07) is 41.3. The first-order chi connectivity index (χ1) is 20.5. The van der Waals surface area contributed by atoms with Gasteiger partial charge in [-0.25, -0.2) is 0 Å². The molecule has 4 heteroatoms. The van der Waals surface area contributed by atoms with Crippen LogP contribution in [0.1, 0.15) is 50.7 Å². The monoisotopic (exact) mass is 563 g/mol. The topological polar surface area (TPSA) is 30.7 Å². The summed E-state index contributed by atoms with van der Waals surface area (Å²) in [4.78, 5) is 0. The fraction of sp³-hybridized carbons (Fsp3) is 0.158. The Morgan fingerprint density at radius 1 is 0.548 bits per heavy atom. The van der Waals surface area contributed by atoms with Crippen LogP contribution in [-0.2, 0) is 0 Å². The molecule has 42 heavy (non-hydrogen) atoms. The summed E-state index contributed by atoms with van der Waals surface area (Å²) >= 11 is 1.90. The Kier molecular flexibility index (Phi) is 6.72. The molecule has 0 fully saturated rings. The number of fused-ring (bicyclic) bond motifs is 3. The van der Waals surface area contributed by atoms with E-state index in [2.05, 4.69) is 128 Å². The van der Waals surface area contributed by atoms with E-state index in [0.717, 1.165) is 28.5 Å². The van der Waals surface area contributed by atoms with E-state index in [-0.39, 0.29) is 0 Å². The molecule has 0 aliphatic heterocycles. The predicted molar refractivity (Wildman–Crippen MR) is 179 cm³/mol. The third-order valence-electron chi connectivity index (χ3n) is 8.11. The normalized spacial score (nSPS) is 11.8. The van der Waals surface area contributed by atoms with Crippen LogP contribution in [0, 0.1) is 0 Å². The van der Waals surface area contributed by atoms with Gasteiger partial charge in [0.2, 0.25) is 0 Å². The number of benzene rings is 5. The Bertz CT molecular complexity index is 2010. The maximum Gasteiger partial charge on any atom is 0.168 e. The number of para-hydroxylation sites is 1. The van der Waals surface area contributed by atoms with E-state index in [1.807, 2.05) is 35.6 Å². The van der Waals surface area contributed by atoms with Gasteiger partial charge in [0.15, 0.2) is 11.6 Å². The minimum atomic E-state index is 0.441. The highest BCUT2D eigenvalue weighted by molar-refractivity contribution is 7.26. The van der Waals surface area contributed by atoms with Crippen LogP contribution in [0.15, 0.2) is 115 Å². The maximum absolute atomic E-state index is 4.70. The third-order valence-corrected chi connectivity index (χ3v) is 9.33. The number of hydrogen-bond donors (Lipinski definition) is 0. The Hall–Kier alpha value is -4.54. The molecule has 7 aromatic rings. The van der Waals surface area contributed by atoms with Crippen LogP contribution in [0.3, 0.4) is 0 Å². The van der Waals surface area contributed by atoms with Gasteiger partial charge in [-0.05, 0) is 70.5 Å². The lowest BCUT2D eigenvalue weighted by molar-refractivity contribution is 0.868. The second-order valence-electron chi connectivity index (χ2n) is 11.6. The van der Waals surface area contributed by atoms with Crippen molar-refractivity contribution in [1.82, 2.24) is 14.8 Å². The van der Waals surface area contributed by atoms with Crippen molar-refractivity contribution in [2.75, 3.05) is 0 Å². The minimum Gasteiger partial charge on any atom is -0.275 e. The highest BCUT2D eigenvalue weighted by Gasteiger charge is 2.19. The first-order valence-corrected chi connectivity index (χ1v) is 15.5. The highest BCUT2D eigenvalue weighted by Crippen LogP contribution is 2.43. The van der Waals surface area contributed by atoms with E-state index in [1.165, 1.54) is 42.4 Å². The molecule has 0 N–H and O–H groups in total. The summed E-state index contributed by atoms with van der Waals surface area (Å²) in [6.07, 6.45) is 0. The predicted octanol–water partition coefficient (Wildman–Crippen LogP) is 10.9. The van der Waals surface area contributed by atoms with Crippen molar-refractivity contribution in [3.63, 3.8) is 0 Å². The molecule has 0 amide bonds. The first-order valence-electron chi connectivity index (χ1n) is 14.6. The summed E-state index contributed by atoms with van der Waals surface area (Å²) in [5.74, 6) is 2.61. The lowest BCUT2D eigenvalue weighted by atomic mass is 9.93. The smallest absolute Gasteiger partial charge is 0.168 e. The van der Waals surface area contributed by atoms with Gasteiger partial charge in [0, 0.05) is 37.0 Å². The van der Waals surface area contributed by atoms with Gasteiger partial charge in [-0.2, -0.15) is 0 Å². The SMILES string of the molecule is CC(C)c1ccc2sc3c(-c4ccc(-c5nnc(-c6ccccc6)n5-c5ccccc5)cc4)cc(C(C)C)cc3c2c1. The molecule has 0 spiro atoms. The molecule has 0 saturated carbocycles. The van der Waals surface area contributed by atoms with Crippen molar-refractivity contribution in [2.24, 2.45) is 0 Å². The quantitative estimate of drug-likeness (QED) is 0.201. The van der Waals surface area contributed by atoms with E-state index in [1.54, 1.807) is 0 Å². The number of nitrogens with zero attached hydrogens (tertiary/aromatic N) is 3. The summed E-state index contributed by atoms with van der Waals surface area (Å²) in [5, 5.41) is 12.1. The third kappa shape index (κ3) is 4.62. The van der Waals surface area contributed by atoms with Gasteiger partial charge >= 0.3 is 0 Å². The van der Waals surface area contributed by atoms with Gasteiger partial charge in [0.25, 0.3) is 0 Å². The lowest BCUT2D eigenvalue weighted by Crippen LogP contribution is -2.00. The number of aromatic nitrogens is 3. The largest absolute Gasteiger partial charge is 0.275 e. The molecule has 0 saturated heterocycles. The Labute approximate surface area is 251 Å². The van der Waals surface area contributed by atoms with E-state index in [9.17, 15) is 0 Å². The van der Waals surface area contributed by atoms with E-state index in [4.69, 9.17) is 5.10 Å². The van der Waals surface area contributed by atoms with Crippen molar-refractivity contribution in [3.05, 3.63) is 126 Å². The molecule has 0 radical (unpaired) electrons.